The number of nitrogens with zero attached hydrogens (tertiary/aromatic N) is 1. The van der Waals surface area contributed by atoms with Crippen LogP contribution in [0.3, 0.4) is 0 Å². The predicted octanol–water partition coefficient (Wildman–Crippen LogP) is 2.02. The van der Waals surface area contributed by atoms with E-state index in [1.165, 1.54) is 31.4 Å². The minimum Gasteiger partial charge on any atom is -0.365 e. The van der Waals surface area contributed by atoms with Crippen molar-refractivity contribution in [1.82, 2.24) is 15.2 Å². The van der Waals surface area contributed by atoms with E-state index < -0.39 is 0 Å². The number of likely N-dealkylation sites (N-methyl/N-ethyl adjacent to an activating group) is 1. The van der Waals surface area contributed by atoms with Gasteiger partial charge in [0, 0.05) is 36.9 Å². The van der Waals surface area contributed by atoms with E-state index in [4.69, 9.17) is 0 Å². The van der Waals surface area contributed by atoms with Gasteiger partial charge in [-0.2, -0.15) is 0 Å². The highest BCUT2D eigenvalue weighted by Crippen LogP contribution is 2.22. The SMILES string of the molecule is CNC1CCC(N(C)CCc2ccc[nH]2)CC1. The van der Waals surface area contributed by atoms with E-state index in [-0.39, 0.29) is 0 Å². The summed E-state index contributed by atoms with van der Waals surface area (Å²) >= 11 is 0. The summed E-state index contributed by atoms with van der Waals surface area (Å²) in [6.45, 7) is 1.16. The molecule has 1 aromatic rings. The standard InChI is InChI=1S/C14H25N3/c1-15-12-5-7-14(8-6-12)17(2)11-9-13-4-3-10-16-13/h3-4,10,12,14-16H,5-9,11H2,1-2H3. The minimum atomic E-state index is 0.753. The summed E-state index contributed by atoms with van der Waals surface area (Å²) in [4.78, 5) is 5.81. The van der Waals surface area contributed by atoms with Crippen LogP contribution in [0.25, 0.3) is 0 Å². The number of hydrogen-bond acceptors (Lipinski definition) is 2. The Balaban J connectivity index is 1.71. The quantitative estimate of drug-likeness (QED) is 0.818. The highest BCUT2D eigenvalue weighted by molar-refractivity contribution is 5.03. The fraction of sp³-hybridized carbons (Fsp3) is 0.714. The van der Waals surface area contributed by atoms with Gasteiger partial charge in [0.15, 0.2) is 0 Å². The number of aromatic nitrogens is 1. The fourth-order valence-electron chi connectivity index (χ4n) is 2.81. The Labute approximate surface area is 105 Å². The van der Waals surface area contributed by atoms with Crippen LogP contribution in [0.5, 0.6) is 0 Å². The zero-order chi connectivity index (χ0) is 12.1. The maximum absolute atomic E-state index is 3.39. The fourth-order valence-corrected chi connectivity index (χ4v) is 2.81. The van der Waals surface area contributed by atoms with Crippen molar-refractivity contribution in [3.8, 4) is 0 Å². The summed E-state index contributed by atoms with van der Waals surface area (Å²) in [5.74, 6) is 0. The first kappa shape index (κ1) is 12.7. The summed E-state index contributed by atoms with van der Waals surface area (Å²) < 4.78 is 0. The number of nitrogens with one attached hydrogen (secondary N) is 2. The van der Waals surface area contributed by atoms with Crippen molar-refractivity contribution in [2.75, 3.05) is 20.6 Å². The molecule has 17 heavy (non-hydrogen) atoms. The largest absolute Gasteiger partial charge is 0.365 e. The third kappa shape index (κ3) is 3.58. The lowest BCUT2D eigenvalue weighted by atomic mass is 9.90. The molecular weight excluding hydrogens is 210 g/mol. The molecule has 0 saturated heterocycles. The zero-order valence-corrected chi connectivity index (χ0v) is 11.1. The second kappa shape index (κ2) is 6.22. The average molecular weight is 235 g/mol. The lowest BCUT2D eigenvalue weighted by molar-refractivity contribution is 0.178. The van der Waals surface area contributed by atoms with Crippen molar-refractivity contribution >= 4 is 0 Å². The number of H-pyrrole nitrogens is 1. The third-order valence-corrected chi connectivity index (χ3v) is 4.12. The van der Waals surface area contributed by atoms with E-state index in [9.17, 15) is 0 Å². The van der Waals surface area contributed by atoms with Gasteiger partial charge in [-0.3, -0.25) is 0 Å². The van der Waals surface area contributed by atoms with Crippen LogP contribution in [-0.4, -0.2) is 42.6 Å². The summed E-state index contributed by atoms with van der Waals surface area (Å²) in [7, 11) is 4.35. The third-order valence-electron chi connectivity index (χ3n) is 4.12. The van der Waals surface area contributed by atoms with Crippen LogP contribution in [0.1, 0.15) is 31.4 Å². The molecule has 3 heteroatoms. The zero-order valence-electron chi connectivity index (χ0n) is 11.1. The van der Waals surface area contributed by atoms with E-state index in [1.54, 1.807) is 0 Å². The molecule has 0 bridgehead atoms. The summed E-state index contributed by atoms with van der Waals surface area (Å²) in [5, 5.41) is 3.39. The van der Waals surface area contributed by atoms with Crippen molar-refractivity contribution in [3.05, 3.63) is 24.0 Å². The molecule has 0 aliphatic heterocycles. The van der Waals surface area contributed by atoms with Gasteiger partial charge in [0.2, 0.25) is 0 Å². The van der Waals surface area contributed by atoms with Gasteiger partial charge in [-0.15, -0.1) is 0 Å². The molecule has 96 valence electrons. The monoisotopic (exact) mass is 235 g/mol. The molecule has 0 aromatic carbocycles. The van der Waals surface area contributed by atoms with Gasteiger partial charge in [0.1, 0.15) is 0 Å². The van der Waals surface area contributed by atoms with Crippen LogP contribution in [0, 0.1) is 0 Å². The highest BCUT2D eigenvalue weighted by Gasteiger charge is 2.22. The van der Waals surface area contributed by atoms with Crippen molar-refractivity contribution in [2.24, 2.45) is 0 Å². The van der Waals surface area contributed by atoms with Crippen LogP contribution in [0.15, 0.2) is 18.3 Å². The molecule has 0 amide bonds. The van der Waals surface area contributed by atoms with Gasteiger partial charge in [-0.05, 0) is 51.9 Å². The maximum Gasteiger partial charge on any atom is 0.0159 e. The van der Waals surface area contributed by atoms with E-state index in [2.05, 4.69) is 41.4 Å². The van der Waals surface area contributed by atoms with Crippen molar-refractivity contribution in [2.45, 2.75) is 44.2 Å². The Morgan fingerprint density at radius 3 is 2.71 bits per heavy atom. The topological polar surface area (TPSA) is 31.1 Å². The van der Waals surface area contributed by atoms with Gasteiger partial charge >= 0.3 is 0 Å². The van der Waals surface area contributed by atoms with Gasteiger partial charge in [-0.1, -0.05) is 0 Å². The predicted molar refractivity (Wildman–Crippen MR) is 72.2 cm³/mol. The summed E-state index contributed by atoms with van der Waals surface area (Å²) in [5.41, 5.74) is 1.35. The Hall–Kier alpha value is -0.800. The molecule has 2 rings (SSSR count). The van der Waals surface area contributed by atoms with Gasteiger partial charge in [0.25, 0.3) is 0 Å². The smallest absolute Gasteiger partial charge is 0.0159 e. The van der Waals surface area contributed by atoms with E-state index in [0.29, 0.717) is 0 Å². The van der Waals surface area contributed by atoms with Crippen LogP contribution >= 0.6 is 0 Å². The summed E-state index contributed by atoms with van der Waals surface area (Å²) in [6, 6.07) is 5.79. The Morgan fingerprint density at radius 1 is 1.35 bits per heavy atom. The second-order valence-electron chi connectivity index (χ2n) is 5.22. The molecule has 1 aliphatic rings. The van der Waals surface area contributed by atoms with Gasteiger partial charge < -0.3 is 15.2 Å². The molecular formula is C14H25N3. The normalized spacial score (nSPS) is 25.4. The van der Waals surface area contributed by atoms with Crippen molar-refractivity contribution in [3.63, 3.8) is 0 Å². The maximum atomic E-state index is 3.39. The van der Waals surface area contributed by atoms with E-state index in [0.717, 1.165) is 25.0 Å². The van der Waals surface area contributed by atoms with Crippen LogP contribution < -0.4 is 5.32 Å². The molecule has 3 nitrogen and oxygen atoms in total. The molecule has 1 aliphatic carbocycles. The van der Waals surface area contributed by atoms with Gasteiger partial charge in [0.05, 0.1) is 0 Å². The lowest BCUT2D eigenvalue weighted by Gasteiger charge is -2.34. The minimum absolute atomic E-state index is 0.753. The Kier molecular flexibility index (Phi) is 4.63. The molecule has 2 N–H and O–H groups in total. The molecule has 1 heterocycles. The van der Waals surface area contributed by atoms with Crippen LogP contribution in [0.4, 0.5) is 0 Å². The first-order valence-electron chi connectivity index (χ1n) is 6.79. The molecule has 1 saturated carbocycles. The van der Waals surface area contributed by atoms with E-state index >= 15 is 0 Å². The van der Waals surface area contributed by atoms with Crippen molar-refractivity contribution < 1.29 is 0 Å². The number of rotatable bonds is 5. The summed E-state index contributed by atoms with van der Waals surface area (Å²) in [6.07, 6.45) is 8.48. The molecule has 0 atom stereocenters. The van der Waals surface area contributed by atoms with Gasteiger partial charge in [-0.25, -0.2) is 0 Å². The highest BCUT2D eigenvalue weighted by atomic mass is 15.1. The molecule has 0 unspecified atom stereocenters. The Bertz CT molecular complexity index is 299. The first-order chi connectivity index (χ1) is 8.29. The lowest BCUT2D eigenvalue weighted by Crippen LogP contribution is -2.40. The number of aromatic amines is 1. The van der Waals surface area contributed by atoms with E-state index in [1.807, 2.05) is 6.20 Å². The molecule has 1 aromatic heterocycles. The van der Waals surface area contributed by atoms with Crippen LogP contribution in [0.2, 0.25) is 0 Å². The molecule has 1 fully saturated rings. The Morgan fingerprint density at radius 2 is 2.12 bits per heavy atom. The second-order valence-corrected chi connectivity index (χ2v) is 5.22. The van der Waals surface area contributed by atoms with Crippen LogP contribution in [-0.2, 0) is 6.42 Å². The molecule has 0 radical (unpaired) electrons. The number of hydrogen-bond donors (Lipinski definition) is 2. The molecule has 0 spiro atoms. The first-order valence-corrected chi connectivity index (χ1v) is 6.79. The average Bonchev–Trinajstić information content (AvgIpc) is 2.89. The van der Waals surface area contributed by atoms with Crippen molar-refractivity contribution in [1.29, 1.82) is 0 Å².